The van der Waals surface area contributed by atoms with E-state index in [0.717, 1.165) is 16.8 Å². The van der Waals surface area contributed by atoms with Gasteiger partial charge in [0.15, 0.2) is 0 Å². The van der Waals surface area contributed by atoms with Crippen LogP contribution in [0, 0.1) is 0 Å². The van der Waals surface area contributed by atoms with Crippen LogP contribution in [0.5, 0.6) is 0 Å². The Hall–Kier alpha value is -1.62. The first-order valence-electron chi connectivity index (χ1n) is 4.90. The molecule has 0 bridgehead atoms. The van der Waals surface area contributed by atoms with E-state index < -0.39 is 0 Å². The van der Waals surface area contributed by atoms with Crippen molar-refractivity contribution in [3.05, 3.63) is 24.2 Å². The van der Waals surface area contributed by atoms with Gasteiger partial charge in [-0.15, -0.1) is 0 Å². The number of nitrogens with one attached hydrogen (secondary N) is 1. The summed E-state index contributed by atoms with van der Waals surface area (Å²) >= 11 is 0. The number of aromatic nitrogens is 4. The molecule has 0 spiro atoms. The summed E-state index contributed by atoms with van der Waals surface area (Å²) in [5.74, 6) is 0. The number of hydrogen-bond donors (Lipinski definition) is 2. The average molecular weight is 206 g/mol. The molecular formula is C10H14N4O. The van der Waals surface area contributed by atoms with Gasteiger partial charge in [-0.05, 0) is 13.8 Å². The molecule has 2 rings (SSSR count). The standard InChI is InChI=1S/C10H14N4O/c1-7(2)14-5-8(4-12-14)10-9(6-15)3-11-13-10/h3-5,7,15H,6H2,1-2H3,(H,11,13). The third kappa shape index (κ3) is 1.78. The van der Waals surface area contributed by atoms with Crippen LogP contribution in [0.1, 0.15) is 25.5 Å². The molecule has 0 aromatic carbocycles. The summed E-state index contributed by atoms with van der Waals surface area (Å²) in [6.45, 7) is 4.12. The number of aliphatic hydroxyl groups is 1. The summed E-state index contributed by atoms with van der Waals surface area (Å²) in [6.07, 6.45) is 5.34. The summed E-state index contributed by atoms with van der Waals surface area (Å²) in [5, 5.41) is 20.1. The van der Waals surface area contributed by atoms with Crippen LogP contribution >= 0.6 is 0 Å². The predicted octanol–water partition coefficient (Wildman–Crippen LogP) is 1.35. The Kier molecular flexibility index (Phi) is 2.55. The summed E-state index contributed by atoms with van der Waals surface area (Å²) in [6, 6.07) is 0.333. The number of aromatic amines is 1. The van der Waals surface area contributed by atoms with E-state index >= 15 is 0 Å². The molecule has 80 valence electrons. The van der Waals surface area contributed by atoms with Crippen molar-refractivity contribution in [2.75, 3.05) is 0 Å². The van der Waals surface area contributed by atoms with Crippen molar-refractivity contribution in [1.29, 1.82) is 0 Å². The quantitative estimate of drug-likeness (QED) is 0.796. The third-order valence-corrected chi connectivity index (χ3v) is 2.31. The molecule has 2 aromatic rings. The van der Waals surface area contributed by atoms with Gasteiger partial charge >= 0.3 is 0 Å². The normalized spacial score (nSPS) is 11.2. The molecule has 5 heteroatoms. The Morgan fingerprint density at radius 3 is 2.87 bits per heavy atom. The first-order valence-corrected chi connectivity index (χ1v) is 4.90. The average Bonchev–Trinajstić information content (AvgIpc) is 2.85. The fourth-order valence-electron chi connectivity index (χ4n) is 1.43. The Balaban J connectivity index is 2.37. The Morgan fingerprint density at radius 1 is 1.47 bits per heavy atom. The van der Waals surface area contributed by atoms with Crippen LogP contribution in [0.4, 0.5) is 0 Å². The molecule has 15 heavy (non-hydrogen) atoms. The molecule has 0 radical (unpaired) electrons. The summed E-state index contributed by atoms with van der Waals surface area (Å²) in [4.78, 5) is 0. The fourth-order valence-corrected chi connectivity index (χ4v) is 1.43. The van der Waals surface area contributed by atoms with Gasteiger partial charge in [-0.3, -0.25) is 9.78 Å². The minimum Gasteiger partial charge on any atom is -0.392 e. The first-order chi connectivity index (χ1) is 7.22. The topological polar surface area (TPSA) is 66.7 Å². The zero-order valence-corrected chi connectivity index (χ0v) is 8.81. The minimum absolute atomic E-state index is 0.0152. The van der Waals surface area contributed by atoms with Crippen molar-refractivity contribution >= 4 is 0 Å². The van der Waals surface area contributed by atoms with E-state index in [2.05, 4.69) is 29.1 Å². The number of rotatable bonds is 3. The SMILES string of the molecule is CC(C)n1cc(-c2[nH]ncc2CO)cn1. The molecule has 0 aliphatic carbocycles. The molecule has 5 nitrogen and oxygen atoms in total. The van der Waals surface area contributed by atoms with E-state index in [1.807, 2.05) is 10.9 Å². The number of nitrogens with zero attached hydrogens (tertiary/aromatic N) is 3. The first kappa shape index (κ1) is 9.92. The van der Waals surface area contributed by atoms with Gasteiger partial charge in [0.1, 0.15) is 0 Å². The minimum atomic E-state index is -0.0152. The smallest absolute Gasteiger partial charge is 0.0736 e. The lowest BCUT2D eigenvalue weighted by Crippen LogP contribution is -1.99. The second kappa shape index (κ2) is 3.86. The van der Waals surface area contributed by atoms with Gasteiger partial charge in [0.25, 0.3) is 0 Å². The Bertz CT molecular complexity index is 444. The zero-order chi connectivity index (χ0) is 10.8. The second-order valence-corrected chi connectivity index (χ2v) is 3.73. The summed E-state index contributed by atoms with van der Waals surface area (Å²) in [5.41, 5.74) is 2.58. The molecule has 0 saturated carbocycles. The number of aliphatic hydroxyl groups excluding tert-OH is 1. The third-order valence-electron chi connectivity index (χ3n) is 2.31. The largest absolute Gasteiger partial charge is 0.392 e. The van der Waals surface area contributed by atoms with Crippen molar-refractivity contribution in [3.8, 4) is 11.3 Å². The van der Waals surface area contributed by atoms with Gasteiger partial charge in [-0.2, -0.15) is 10.2 Å². The van der Waals surface area contributed by atoms with Gasteiger partial charge in [0.2, 0.25) is 0 Å². The maximum atomic E-state index is 9.10. The lowest BCUT2D eigenvalue weighted by Gasteiger charge is -2.02. The molecule has 0 fully saturated rings. The molecule has 2 N–H and O–H groups in total. The predicted molar refractivity (Wildman–Crippen MR) is 56.1 cm³/mol. The molecule has 0 atom stereocenters. The Morgan fingerprint density at radius 2 is 2.27 bits per heavy atom. The molecule has 2 aromatic heterocycles. The monoisotopic (exact) mass is 206 g/mol. The molecule has 0 amide bonds. The van der Waals surface area contributed by atoms with Crippen LogP contribution in [0.3, 0.4) is 0 Å². The van der Waals surface area contributed by atoms with Gasteiger partial charge in [0.05, 0.1) is 24.7 Å². The van der Waals surface area contributed by atoms with Gasteiger partial charge < -0.3 is 5.11 Å². The van der Waals surface area contributed by atoms with E-state index in [1.165, 1.54) is 0 Å². The molecule has 0 saturated heterocycles. The maximum Gasteiger partial charge on any atom is 0.0736 e. The number of hydrogen-bond acceptors (Lipinski definition) is 3. The van der Waals surface area contributed by atoms with E-state index in [1.54, 1.807) is 12.4 Å². The Labute approximate surface area is 87.7 Å². The highest BCUT2D eigenvalue weighted by Gasteiger charge is 2.09. The highest BCUT2D eigenvalue weighted by Crippen LogP contribution is 2.21. The van der Waals surface area contributed by atoms with Crippen LogP contribution in [0.15, 0.2) is 18.6 Å². The molecular weight excluding hydrogens is 192 g/mol. The van der Waals surface area contributed by atoms with Crippen molar-refractivity contribution in [2.24, 2.45) is 0 Å². The molecule has 0 unspecified atom stereocenters. The summed E-state index contributed by atoms with van der Waals surface area (Å²) < 4.78 is 1.87. The molecule has 2 heterocycles. The van der Waals surface area contributed by atoms with E-state index in [9.17, 15) is 0 Å². The van der Waals surface area contributed by atoms with Gasteiger partial charge in [0, 0.05) is 23.4 Å². The molecule has 0 aliphatic heterocycles. The van der Waals surface area contributed by atoms with Gasteiger partial charge in [-0.25, -0.2) is 0 Å². The highest BCUT2D eigenvalue weighted by atomic mass is 16.3. The van der Waals surface area contributed by atoms with E-state index in [4.69, 9.17) is 5.11 Å². The second-order valence-electron chi connectivity index (χ2n) is 3.73. The van der Waals surface area contributed by atoms with Crippen molar-refractivity contribution in [1.82, 2.24) is 20.0 Å². The number of H-pyrrole nitrogens is 1. The van der Waals surface area contributed by atoms with E-state index in [0.29, 0.717) is 6.04 Å². The van der Waals surface area contributed by atoms with E-state index in [-0.39, 0.29) is 6.61 Å². The highest BCUT2D eigenvalue weighted by molar-refractivity contribution is 5.60. The fraction of sp³-hybridized carbons (Fsp3) is 0.400. The van der Waals surface area contributed by atoms with Crippen molar-refractivity contribution < 1.29 is 5.11 Å². The lowest BCUT2D eigenvalue weighted by molar-refractivity contribution is 0.282. The summed E-state index contributed by atoms with van der Waals surface area (Å²) in [7, 11) is 0. The van der Waals surface area contributed by atoms with Crippen LogP contribution in [-0.2, 0) is 6.61 Å². The van der Waals surface area contributed by atoms with Crippen molar-refractivity contribution in [2.45, 2.75) is 26.5 Å². The lowest BCUT2D eigenvalue weighted by atomic mass is 10.2. The van der Waals surface area contributed by atoms with Crippen LogP contribution in [0.25, 0.3) is 11.3 Å². The van der Waals surface area contributed by atoms with Crippen LogP contribution in [0.2, 0.25) is 0 Å². The molecule has 0 aliphatic rings. The van der Waals surface area contributed by atoms with Gasteiger partial charge in [-0.1, -0.05) is 0 Å². The van der Waals surface area contributed by atoms with Crippen LogP contribution in [-0.4, -0.2) is 25.1 Å². The van der Waals surface area contributed by atoms with Crippen molar-refractivity contribution in [3.63, 3.8) is 0 Å². The van der Waals surface area contributed by atoms with Crippen LogP contribution < -0.4 is 0 Å². The maximum absolute atomic E-state index is 9.10. The zero-order valence-electron chi connectivity index (χ0n) is 8.81.